The predicted octanol–water partition coefficient (Wildman–Crippen LogP) is 4.14. The van der Waals surface area contributed by atoms with Gasteiger partial charge in [0.2, 0.25) is 0 Å². The normalized spacial score (nSPS) is 16.5. The van der Waals surface area contributed by atoms with Crippen molar-refractivity contribution in [3.63, 3.8) is 0 Å². The molecule has 0 bridgehead atoms. The molecule has 0 N–H and O–H groups in total. The Kier molecular flexibility index (Phi) is 6.29. The lowest BCUT2D eigenvalue weighted by molar-refractivity contribution is 0.0937. The molecule has 0 amide bonds. The van der Waals surface area contributed by atoms with Gasteiger partial charge in [-0.1, -0.05) is 42.1 Å². The van der Waals surface area contributed by atoms with Crippen LogP contribution in [-0.4, -0.2) is 34.6 Å². The molecule has 2 aromatic carbocycles. The highest BCUT2D eigenvalue weighted by Crippen LogP contribution is 2.21. The van der Waals surface area contributed by atoms with E-state index in [0.29, 0.717) is 18.5 Å². The fourth-order valence-corrected chi connectivity index (χ4v) is 4.26. The fourth-order valence-electron chi connectivity index (χ4n) is 3.34. The van der Waals surface area contributed by atoms with Gasteiger partial charge in [-0.05, 0) is 43.5 Å². The Balaban J connectivity index is 1.45. The quantitative estimate of drug-likeness (QED) is 0.325. The molecule has 0 aliphatic carbocycles. The minimum absolute atomic E-state index is 0.0177. The average Bonchev–Trinajstić information content (AvgIpc) is 3.24. The van der Waals surface area contributed by atoms with E-state index in [-0.39, 0.29) is 11.7 Å². The Labute approximate surface area is 168 Å². The first-order chi connectivity index (χ1) is 13.8. The average molecular weight is 397 g/mol. The van der Waals surface area contributed by atoms with Crippen LogP contribution in [0.4, 0.5) is 0 Å². The van der Waals surface area contributed by atoms with Gasteiger partial charge in [0, 0.05) is 12.4 Å². The summed E-state index contributed by atoms with van der Waals surface area (Å²) >= 11 is 1.61. The van der Waals surface area contributed by atoms with Gasteiger partial charge in [-0.25, -0.2) is 4.98 Å². The smallest absolute Gasteiger partial charge is 0.262 e. The molecule has 1 aromatic heterocycles. The van der Waals surface area contributed by atoms with Gasteiger partial charge < -0.3 is 9.47 Å². The van der Waals surface area contributed by atoms with Crippen LogP contribution in [0.25, 0.3) is 10.9 Å². The van der Waals surface area contributed by atoms with Gasteiger partial charge in [-0.15, -0.1) is 0 Å². The Bertz CT molecular complexity index is 968. The number of fused-ring (bicyclic) bond motifs is 1. The van der Waals surface area contributed by atoms with Crippen molar-refractivity contribution in [1.82, 2.24) is 9.55 Å². The van der Waals surface area contributed by atoms with Crippen molar-refractivity contribution in [2.75, 3.05) is 19.0 Å². The van der Waals surface area contributed by atoms with Gasteiger partial charge in [-0.3, -0.25) is 9.36 Å². The zero-order chi connectivity index (χ0) is 19.2. The highest BCUT2D eigenvalue weighted by Gasteiger charge is 2.20. The van der Waals surface area contributed by atoms with E-state index in [1.165, 1.54) is 0 Å². The number of rotatable bonds is 8. The standard InChI is InChI=1S/C22H24N2O3S/c25-21-19-11-4-5-12-20(19)23-22(24(21)16-18-10-6-13-27-18)28-15-7-14-26-17-8-2-1-3-9-17/h1-5,8-9,11-12,18H,6-7,10,13-16H2. The van der Waals surface area contributed by atoms with Crippen molar-refractivity contribution < 1.29 is 9.47 Å². The van der Waals surface area contributed by atoms with E-state index >= 15 is 0 Å². The van der Waals surface area contributed by atoms with Crippen molar-refractivity contribution in [3.05, 3.63) is 65.0 Å². The molecular formula is C22H24N2O3S. The zero-order valence-electron chi connectivity index (χ0n) is 15.8. The maximum atomic E-state index is 13.0. The predicted molar refractivity (Wildman–Crippen MR) is 112 cm³/mol. The van der Waals surface area contributed by atoms with Gasteiger partial charge in [0.1, 0.15) is 5.75 Å². The summed E-state index contributed by atoms with van der Waals surface area (Å²) in [6, 6.07) is 17.4. The molecule has 6 heteroatoms. The van der Waals surface area contributed by atoms with Gasteiger partial charge >= 0.3 is 0 Å². The molecule has 2 heterocycles. The molecule has 5 nitrogen and oxygen atoms in total. The minimum atomic E-state index is 0.0177. The fraction of sp³-hybridized carbons (Fsp3) is 0.364. The van der Waals surface area contributed by atoms with Gasteiger partial charge in [-0.2, -0.15) is 0 Å². The van der Waals surface area contributed by atoms with Crippen LogP contribution in [0.3, 0.4) is 0 Å². The van der Waals surface area contributed by atoms with Crippen LogP contribution in [0.5, 0.6) is 5.75 Å². The number of hydrogen-bond acceptors (Lipinski definition) is 5. The minimum Gasteiger partial charge on any atom is -0.494 e. The third-order valence-electron chi connectivity index (χ3n) is 4.77. The number of hydrogen-bond donors (Lipinski definition) is 0. The van der Waals surface area contributed by atoms with Crippen LogP contribution in [0, 0.1) is 0 Å². The number of thioether (sulfide) groups is 1. The Hall–Kier alpha value is -2.31. The number of benzene rings is 2. The molecule has 1 atom stereocenters. The summed E-state index contributed by atoms with van der Waals surface area (Å²) in [6.45, 7) is 1.99. The Morgan fingerprint density at radius 2 is 1.96 bits per heavy atom. The van der Waals surface area contributed by atoms with Crippen LogP contribution in [0.2, 0.25) is 0 Å². The summed E-state index contributed by atoms with van der Waals surface area (Å²) in [5.41, 5.74) is 0.767. The molecule has 3 aromatic rings. The second-order valence-corrected chi connectivity index (χ2v) is 7.89. The molecule has 4 rings (SSSR count). The van der Waals surface area contributed by atoms with E-state index in [9.17, 15) is 4.79 Å². The van der Waals surface area contributed by atoms with E-state index in [1.807, 2.05) is 54.6 Å². The van der Waals surface area contributed by atoms with Crippen molar-refractivity contribution in [2.45, 2.75) is 37.1 Å². The molecule has 1 saturated heterocycles. The summed E-state index contributed by atoms with van der Waals surface area (Å²) in [5.74, 6) is 1.72. The number of aromatic nitrogens is 2. The summed E-state index contributed by atoms with van der Waals surface area (Å²) in [4.78, 5) is 17.8. The molecular weight excluding hydrogens is 372 g/mol. The Morgan fingerprint density at radius 1 is 1.14 bits per heavy atom. The topological polar surface area (TPSA) is 53.3 Å². The first-order valence-corrected chi connectivity index (χ1v) is 10.7. The summed E-state index contributed by atoms with van der Waals surface area (Å²) in [5, 5.41) is 1.43. The monoisotopic (exact) mass is 396 g/mol. The first-order valence-electron chi connectivity index (χ1n) is 9.73. The molecule has 1 unspecified atom stereocenters. The van der Waals surface area contributed by atoms with Crippen LogP contribution >= 0.6 is 11.8 Å². The number of nitrogens with zero attached hydrogens (tertiary/aromatic N) is 2. The lowest BCUT2D eigenvalue weighted by atomic mass is 10.2. The van der Waals surface area contributed by atoms with Gasteiger partial charge in [0.25, 0.3) is 5.56 Å². The zero-order valence-corrected chi connectivity index (χ0v) is 16.6. The van der Waals surface area contributed by atoms with E-state index in [2.05, 4.69) is 0 Å². The lowest BCUT2D eigenvalue weighted by Crippen LogP contribution is -2.28. The van der Waals surface area contributed by atoms with Crippen LogP contribution < -0.4 is 10.3 Å². The second kappa shape index (κ2) is 9.26. The summed E-state index contributed by atoms with van der Waals surface area (Å²) < 4.78 is 13.3. The third kappa shape index (κ3) is 4.56. The molecule has 28 heavy (non-hydrogen) atoms. The van der Waals surface area contributed by atoms with Gasteiger partial charge in [0.15, 0.2) is 5.16 Å². The summed E-state index contributed by atoms with van der Waals surface area (Å²) in [7, 11) is 0. The number of para-hydroxylation sites is 2. The SMILES string of the molecule is O=c1c2ccccc2nc(SCCCOc2ccccc2)n1CC1CCCO1. The van der Waals surface area contributed by atoms with Crippen molar-refractivity contribution in [3.8, 4) is 5.75 Å². The van der Waals surface area contributed by atoms with Crippen molar-refractivity contribution in [1.29, 1.82) is 0 Å². The molecule has 0 spiro atoms. The van der Waals surface area contributed by atoms with Crippen LogP contribution in [-0.2, 0) is 11.3 Å². The second-order valence-electron chi connectivity index (χ2n) is 6.83. The maximum Gasteiger partial charge on any atom is 0.262 e. The molecule has 0 saturated carbocycles. The molecule has 0 radical (unpaired) electrons. The first kappa shape index (κ1) is 19.0. The largest absolute Gasteiger partial charge is 0.494 e. The van der Waals surface area contributed by atoms with E-state index in [1.54, 1.807) is 16.3 Å². The molecule has 1 aliphatic heterocycles. The van der Waals surface area contributed by atoms with E-state index < -0.39 is 0 Å². The highest BCUT2D eigenvalue weighted by molar-refractivity contribution is 7.99. The molecule has 1 aliphatic rings. The highest BCUT2D eigenvalue weighted by atomic mass is 32.2. The third-order valence-corrected chi connectivity index (χ3v) is 5.83. The van der Waals surface area contributed by atoms with Crippen LogP contribution in [0.15, 0.2) is 64.5 Å². The lowest BCUT2D eigenvalue weighted by Gasteiger charge is -2.16. The molecule has 1 fully saturated rings. The maximum absolute atomic E-state index is 13.0. The van der Waals surface area contributed by atoms with E-state index in [4.69, 9.17) is 14.5 Å². The van der Waals surface area contributed by atoms with E-state index in [0.717, 1.165) is 48.0 Å². The van der Waals surface area contributed by atoms with Gasteiger partial charge in [0.05, 0.1) is 30.2 Å². The summed E-state index contributed by atoms with van der Waals surface area (Å²) in [6.07, 6.45) is 3.03. The van der Waals surface area contributed by atoms with Crippen molar-refractivity contribution >= 4 is 22.7 Å². The molecule has 146 valence electrons. The number of ether oxygens (including phenoxy) is 2. The van der Waals surface area contributed by atoms with Crippen LogP contribution in [0.1, 0.15) is 19.3 Å². The Morgan fingerprint density at radius 3 is 2.79 bits per heavy atom. The van der Waals surface area contributed by atoms with Crippen molar-refractivity contribution in [2.24, 2.45) is 0 Å².